The zero-order valence-corrected chi connectivity index (χ0v) is 18.3. The van der Waals surface area contributed by atoms with Crippen molar-refractivity contribution in [1.29, 1.82) is 0 Å². The molecule has 166 valence electrons. The molecule has 0 saturated carbocycles. The maximum atomic E-state index is 12.0. The summed E-state index contributed by atoms with van der Waals surface area (Å²) in [6.07, 6.45) is 14.3. The van der Waals surface area contributed by atoms with Gasteiger partial charge < -0.3 is 20.4 Å². The largest absolute Gasteiger partial charge is 0.466 e. The van der Waals surface area contributed by atoms with Gasteiger partial charge in [-0.15, -0.1) is 0 Å². The first-order valence-electron chi connectivity index (χ1n) is 11.1. The second kappa shape index (κ2) is 16.0. The van der Waals surface area contributed by atoms with Crippen molar-refractivity contribution in [2.45, 2.75) is 90.6 Å². The van der Waals surface area contributed by atoms with E-state index in [1.807, 2.05) is 10.8 Å². The number of aryl methyl sites for hydroxylation is 1. The molecule has 7 heteroatoms. The number of nitrogens with one attached hydrogen (secondary N) is 1. The second-order valence-electron chi connectivity index (χ2n) is 8.11. The Labute approximate surface area is 175 Å². The number of carbonyl (C=O) groups is 2. The first-order valence-corrected chi connectivity index (χ1v) is 11.1. The highest BCUT2D eigenvalue weighted by Gasteiger charge is 2.12. The Morgan fingerprint density at radius 1 is 1.07 bits per heavy atom. The summed E-state index contributed by atoms with van der Waals surface area (Å²) in [4.78, 5) is 27.7. The van der Waals surface area contributed by atoms with Crippen LogP contribution in [-0.4, -0.2) is 40.6 Å². The fourth-order valence-electron chi connectivity index (χ4n) is 3.05. The van der Waals surface area contributed by atoms with Crippen LogP contribution in [0.2, 0.25) is 0 Å². The quantitative estimate of drug-likeness (QED) is 0.304. The molecular weight excluding hydrogens is 368 g/mol. The molecule has 3 N–H and O–H groups in total. The number of esters is 1. The van der Waals surface area contributed by atoms with Crippen molar-refractivity contribution in [2.75, 3.05) is 13.2 Å². The molecule has 7 nitrogen and oxygen atoms in total. The predicted molar refractivity (Wildman–Crippen MR) is 115 cm³/mol. The Hall–Kier alpha value is -1.89. The number of unbranched alkanes of at least 4 members (excludes halogenated alkanes) is 4. The van der Waals surface area contributed by atoms with Crippen LogP contribution in [0.1, 0.15) is 78.1 Å². The van der Waals surface area contributed by atoms with Crippen LogP contribution in [0.3, 0.4) is 0 Å². The number of nitrogens with two attached hydrogens (primary N) is 1. The van der Waals surface area contributed by atoms with Gasteiger partial charge in [-0.3, -0.25) is 9.59 Å². The maximum absolute atomic E-state index is 12.0. The second-order valence-corrected chi connectivity index (χ2v) is 8.11. The molecule has 1 atom stereocenters. The topological polar surface area (TPSA) is 99.2 Å². The van der Waals surface area contributed by atoms with Crippen molar-refractivity contribution in [3.8, 4) is 0 Å². The van der Waals surface area contributed by atoms with Crippen molar-refractivity contribution in [3.05, 3.63) is 18.7 Å². The Balaban J connectivity index is 1.92. The number of carbonyl (C=O) groups excluding carboxylic acids is 2. The zero-order valence-electron chi connectivity index (χ0n) is 18.3. The number of amides is 1. The van der Waals surface area contributed by atoms with Crippen molar-refractivity contribution in [1.82, 2.24) is 14.9 Å². The van der Waals surface area contributed by atoms with E-state index in [2.05, 4.69) is 24.1 Å². The Morgan fingerprint density at radius 2 is 1.83 bits per heavy atom. The monoisotopic (exact) mass is 408 g/mol. The van der Waals surface area contributed by atoms with Crippen molar-refractivity contribution < 1.29 is 14.3 Å². The van der Waals surface area contributed by atoms with E-state index >= 15 is 0 Å². The number of rotatable bonds is 17. The lowest BCUT2D eigenvalue weighted by Gasteiger charge is -2.12. The third-order valence-corrected chi connectivity index (χ3v) is 4.87. The van der Waals surface area contributed by atoms with Crippen LogP contribution < -0.4 is 11.1 Å². The summed E-state index contributed by atoms with van der Waals surface area (Å²) in [6, 6.07) is -0.485. The smallest absolute Gasteiger partial charge is 0.305 e. The molecule has 1 aromatic heterocycles. The molecule has 1 unspecified atom stereocenters. The molecule has 0 aliphatic heterocycles. The number of imidazole rings is 1. The summed E-state index contributed by atoms with van der Waals surface area (Å²) in [6.45, 7) is 6.41. The van der Waals surface area contributed by atoms with Crippen molar-refractivity contribution >= 4 is 11.9 Å². The normalized spacial score (nSPS) is 12.1. The van der Waals surface area contributed by atoms with Crippen LogP contribution in [0, 0.1) is 5.92 Å². The minimum absolute atomic E-state index is 0.104. The van der Waals surface area contributed by atoms with Gasteiger partial charge in [0.25, 0.3) is 0 Å². The van der Waals surface area contributed by atoms with Gasteiger partial charge in [-0.1, -0.05) is 46.0 Å². The molecule has 0 radical (unpaired) electrons. The predicted octanol–water partition coefficient (Wildman–Crippen LogP) is 3.43. The molecule has 0 spiro atoms. The zero-order chi connectivity index (χ0) is 21.3. The Bertz CT molecular complexity index is 546. The average molecular weight is 409 g/mol. The fourth-order valence-corrected chi connectivity index (χ4v) is 3.05. The van der Waals surface area contributed by atoms with Gasteiger partial charge in [0.2, 0.25) is 5.91 Å². The van der Waals surface area contributed by atoms with Gasteiger partial charge >= 0.3 is 5.97 Å². The minimum atomic E-state index is -0.485. The van der Waals surface area contributed by atoms with Gasteiger partial charge in [-0.05, 0) is 31.6 Å². The highest BCUT2D eigenvalue weighted by Crippen LogP contribution is 2.09. The molecule has 0 aliphatic rings. The molecule has 29 heavy (non-hydrogen) atoms. The summed E-state index contributed by atoms with van der Waals surface area (Å²) in [7, 11) is 0. The number of ether oxygens (including phenoxy) is 1. The number of hydrogen-bond donors (Lipinski definition) is 2. The van der Waals surface area contributed by atoms with Gasteiger partial charge in [-0.25, -0.2) is 4.98 Å². The third-order valence-electron chi connectivity index (χ3n) is 4.87. The van der Waals surface area contributed by atoms with Gasteiger partial charge in [0.05, 0.1) is 19.0 Å². The average Bonchev–Trinajstić information content (AvgIpc) is 3.20. The van der Waals surface area contributed by atoms with E-state index in [9.17, 15) is 9.59 Å². The van der Waals surface area contributed by atoms with Crippen LogP contribution in [0.5, 0.6) is 0 Å². The minimum Gasteiger partial charge on any atom is -0.466 e. The molecule has 0 aromatic carbocycles. The number of nitrogens with zero attached hydrogens (tertiary/aromatic N) is 2. The first kappa shape index (κ1) is 25.1. The fraction of sp³-hybridized carbons (Fsp3) is 0.773. The SMILES string of the molecule is CC(C)CCCCCOC(=O)CCCCCC(N)C(=O)NCCCn1ccnc1. The first-order chi connectivity index (χ1) is 14.0. The molecule has 0 bridgehead atoms. The Kier molecular flexibility index (Phi) is 13.8. The summed E-state index contributed by atoms with van der Waals surface area (Å²) in [5, 5.41) is 2.88. The van der Waals surface area contributed by atoms with E-state index in [4.69, 9.17) is 10.5 Å². The van der Waals surface area contributed by atoms with Crippen LogP contribution in [-0.2, 0) is 20.9 Å². The molecular formula is C22H40N4O3. The van der Waals surface area contributed by atoms with E-state index in [1.54, 1.807) is 12.5 Å². The van der Waals surface area contributed by atoms with Gasteiger partial charge in [0, 0.05) is 31.9 Å². The van der Waals surface area contributed by atoms with E-state index in [0.29, 0.717) is 26.0 Å². The standard InChI is InChI=1S/C22H40N4O3/c1-19(2)10-5-4-8-17-29-21(27)12-7-3-6-11-20(23)22(28)25-13-9-15-26-16-14-24-18-26/h14,16,18-20H,3-13,15,17,23H2,1-2H3,(H,25,28). The molecule has 0 aliphatic carbocycles. The van der Waals surface area contributed by atoms with Crippen LogP contribution >= 0.6 is 0 Å². The molecule has 0 saturated heterocycles. The number of hydrogen-bond acceptors (Lipinski definition) is 5. The van der Waals surface area contributed by atoms with E-state index in [1.165, 1.54) is 12.8 Å². The molecule has 1 rings (SSSR count). The molecule has 1 heterocycles. The van der Waals surface area contributed by atoms with Crippen LogP contribution in [0.4, 0.5) is 0 Å². The lowest BCUT2D eigenvalue weighted by atomic mass is 10.1. The maximum Gasteiger partial charge on any atom is 0.305 e. The Morgan fingerprint density at radius 3 is 2.55 bits per heavy atom. The van der Waals surface area contributed by atoms with Gasteiger partial charge in [0.15, 0.2) is 0 Å². The summed E-state index contributed by atoms with van der Waals surface area (Å²) < 4.78 is 7.24. The van der Waals surface area contributed by atoms with Crippen LogP contribution in [0.15, 0.2) is 18.7 Å². The van der Waals surface area contributed by atoms with Gasteiger partial charge in [0.1, 0.15) is 0 Å². The summed E-state index contributed by atoms with van der Waals surface area (Å²) in [5.41, 5.74) is 5.94. The lowest BCUT2D eigenvalue weighted by Crippen LogP contribution is -2.41. The molecule has 0 fully saturated rings. The van der Waals surface area contributed by atoms with E-state index in [0.717, 1.165) is 51.0 Å². The summed E-state index contributed by atoms with van der Waals surface area (Å²) >= 11 is 0. The van der Waals surface area contributed by atoms with E-state index in [-0.39, 0.29) is 11.9 Å². The molecule has 1 aromatic rings. The highest BCUT2D eigenvalue weighted by atomic mass is 16.5. The third kappa shape index (κ3) is 13.8. The highest BCUT2D eigenvalue weighted by molar-refractivity contribution is 5.81. The van der Waals surface area contributed by atoms with Crippen LogP contribution in [0.25, 0.3) is 0 Å². The summed E-state index contributed by atoms with van der Waals surface area (Å²) in [5.74, 6) is 0.519. The van der Waals surface area contributed by atoms with E-state index < -0.39 is 6.04 Å². The number of aromatic nitrogens is 2. The molecule has 1 amide bonds. The van der Waals surface area contributed by atoms with Gasteiger partial charge in [-0.2, -0.15) is 0 Å². The van der Waals surface area contributed by atoms with Crippen molar-refractivity contribution in [2.24, 2.45) is 11.7 Å². The van der Waals surface area contributed by atoms with Crippen molar-refractivity contribution in [3.63, 3.8) is 0 Å². The lowest BCUT2D eigenvalue weighted by molar-refractivity contribution is -0.144.